The molecule has 0 fully saturated rings. The van der Waals surface area contributed by atoms with Crippen LogP contribution in [-0.2, 0) is 11.2 Å². The third kappa shape index (κ3) is 6.11. The van der Waals surface area contributed by atoms with Crippen LogP contribution in [0.3, 0.4) is 0 Å². The summed E-state index contributed by atoms with van der Waals surface area (Å²) in [5, 5.41) is 22.1. The van der Waals surface area contributed by atoms with Gasteiger partial charge in [0.15, 0.2) is 6.29 Å². The highest BCUT2D eigenvalue weighted by Crippen LogP contribution is 2.34. The van der Waals surface area contributed by atoms with Crippen molar-refractivity contribution in [1.82, 2.24) is 0 Å². The molecular weight excluding hydrogens is 380 g/mol. The Morgan fingerprint density at radius 2 is 1.93 bits per heavy atom. The molecule has 1 unspecified atom stereocenters. The van der Waals surface area contributed by atoms with Gasteiger partial charge < -0.3 is 29.9 Å². The summed E-state index contributed by atoms with van der Waals surface area (Å²) in [5.41, 5.74) is 3.25. The van der Waals surface area contributed by atoms with E-state index in [4.69, 9.17) is 9.47 Å². The normalized spacial score (nSPS) is 16.8. The predicted octanol–water partition coefficient (Wildman–Crippen LogP) is 3.42. The number of ether oxygens (including phenoxy) is 2. The van der Waals surface area contributed by atoms with Gasteiger partial charge in [0, 0.05) is 32.3 Å². The average Bonchev–Trinajstić information content (AvgIpc) is 2.76. The number of benzene rings is 2. The molecular formula is C24H34N2O4. The maximum Gasteiger partial charge on any atom is 0.178 e. The second-order valence-corrected chi connectivity index (χ2v) is 7.81. The van der Waals surface area contributed by atoms with E-state index >= 15 is 0 Å². The topological polar surface area (TPSA) is 74.2 Å². The van der Waals surface area contributed by atoms with Gasteiger partial charge in [-0.1, -0.05) is 37.6 Å². The van der Waals surface area contributed by atoms with Crippen molar-refractivity contribution >= 4 is 11.4 Å². The molecule has 1 heterocycles. The first-order valence-electron chi connectivity index (χ1n) is 10.8. The highest BCUT2D eigenvalue weighted by Gasteiger charge is 2.24. The number of aliphatic hydroxyl groups excluding tert-OH is 1. The summed E-state index contributed by atoms with van der Waals surface area (Å²) < 4.78 is 11.2. The van der Waals surface area contributed by atoms with Gasteiger partial charge in [0.1, 0.15) is 18.0 Å². The Morgan fingerprint density at radius 1 is 1.17 bits per heavy atom. The van der Waals surface area contributed by atoms with E-state index in [0.29, 0.717) is 6.42 Å². The summed E-state index contributed by atoms with van der Waals surface area (Å²) in [4.78, 5) is 2.44. The van der Waals surface area contributed by atoms with Gasteiger partial charge in [0.25, 0.3) is 0 Å². The number of para-hydroxylation sites is 2. The van der Waals surface area contributed by atoms with Crippen LogP contribution in [0, 0.1) is 0 Å². The van der Waals surface area contributed by atoms with Crippen LogP contribution in [-0.4, -0.2) is 55.5 Å². The van der Waals surface area contributed by atoms with Crippen molar-refractivity contribution in [2.45, 2.75) is 51.1 Å². The molecule has 1 aliphatic heterocycles. The maximum absolute atomic E-state index is 9.29. The van der Waals surface area contributed by atoms with Gasteiger partial charge in [0.05, 0.1) is 12.2 Å². The van der Waals surface area contributed by atoms with Crippen LogP contribution in [0.4, 0.5) is 11.4 Å². The lowest BCUT2D eigenvalue weighted by Crippen LogP contribution is -2.40. The van der Waals surface area contributed by atoms with Crippen LogP contribution in [0.25, 0.3) is 0 Å². The van der Waals surface area contributed by atoms with E-state index in [0.717, 1.165) is 55.9 Å². The Balaban J connectivity index is 1.47. The molecule has 164 valence electrons. The lowest BCUT2D eigenvalue weighted by molar-refractivity contribution is -0.133. The quantitative estimate of drug-likeness (QED) is 0.386. The summed E-state index contributed by atoms with van der Waals surface area (Å²) in [6.45, 7) is 5.00. The molecule has 0 aliphatic carbocycles. The van der Waals surface area contributed by atoms with Crippen LogP contribution >= 0.6 is 0 Å². The zero-order chi connectivity index (χ0) is 21.3. The summed E-state index contributed by atoms with van der Waals surface area (Å²) in [6, 6.07) is 16.3. The third-order valence-electron chi connectivity index (χ3n) is 5.49. The van der Waals surface area contributed by atoms with Gasteiger partial charge in [0.2, 0.25) is 0 Å². The number of nitrogens with zero attached hydrogens (tertiary/aromatic N) is 1. The molecule has 0 aromatic heterocycles. The number of rotatable bonds is 11. The minimum Gasteiger partial charge on any atom is -0.486 e. The van der Waals surface area contributed by atoms with Crippen molar-refractivity contribution in [3.05, 3.63) is 54.1 Å². The van der Waals surface area contributed by atoms with Crippen LogP contribution in [0.5, 0.6) is 5.75 Å². The second kappa shape index (κ2) is 11.2. The Kier molecular flexibility index (Phi) is 8.37. The molecule has 3 N–H and O–H groups in total. The van der Waals surface area contributed by atoms with Crippen LogP contribution in [0.15, 0.2) is 48.5 Å². The van der Waals surface area contributed by atoms with E-state index in [-0.39, 0.29) is 6.10 Å². The van der Waals surface area contributed by atoms with E-state index in [9.17, 15) is 10.2 Å². The third-order valence-corrected chi connectivity index (χ3v) is 5.49. The summed E-state index contributed by atoms with van der Waals surface area (Å²) >= 11 is 0. The Morgan fingerprint density at radius 3 is 2.63 bits per heavy atom. The SMILES string of the molecule is CCCC1CN(CCCNc2ccc(C[C@H](OC)C(O)O)cc2)c2ccccc2O1. The molecule has 0 radical (unpaired) electrons. The molecule has 2 aromatic rings. The minimum atomic E-state index is -1.48. The fraction of sp³-hybridized carbons (Fsp3) is 0.500. The lowest BCUT2D eigenvalue weighted by Gasteiger charge is -2.36. The number of methoxy groups -OCH3 is 1. The monoisotopic (exact) mass is 414 g/mol. The zero-order valence-corrected chi connectivity index (χ0v) is 18.0. The number of anilines is 2. The second-order valence-electron chi connectivity index (χ2n) is 7.81. The maximum atomic E-state index is 9.29. The molecule has 30 heavy (non-hydrogen) atoms. The van der Waals surface area contributed by atoms with Crippen LogP contribution < -0.4 is 15.0 Å². The summed E-state index contributed by atoms with van der Waals surface area (Å²) in [6.07, 6.45) is 1.86. The summed E-state index contributed by atoms with van der Waals surface area (Å²) in [5.74, 6) is 0.994. The number of fused-ring (bicyclic) bond motifs is 1. The van der Waals surface area contributed by atoms with Gasteiger partial charge >= 0.3 is 0 Å². The van der Waals surface area contributed by atoms with Crippen LogP contribution in [0.2, 0.25) is 0 Å². The van der Waals surface area contributed by atoms with Gasteiger partial charge in [-0.3, -0.25) is 0 Å². The largest absolute Gasteiger partial charge is 0.486 e. The first kappa shape index (κ1) is 22.4. The first-order chi connectivity index (χ1) is 14.6. The predicted molar refractivity (Wildman–Crippen MR) is 120 cm³/mol. The Labute approximate surface area is 179 Å². The van der Waals surface area contributed by atoms with E-state index < -0.39 is 12.4 Å². The molecule has 6 heteroatoms. The molecule has 0 spiro atoms. The molecule has 0 saturated carbocycles. The molecule has 1 aliphatic rings. The number of hydrogen-bond acceptors (Lipinski definition) is 6. The van der Waals surface area contributed by atoms with Crippen molar-refractivity contribution < 1.29 is 19.7 Å². The Bertz CT molecular complexity index is 766. The summed E-state index contributed by atoms with van der Waals surface area (Å²) in [7, 11) is 1.48. The van der Waals surface area contributed by atoms with Crippen molar-refractivity contribution in [2.24, 2.45) is 0 Å². The highest BCUT2D eigenvalue weighted by molar-refractivity contribution is 5.60. The Hall–Kier alpha value is -2.28. The molecule has 3 rings (SSSR count). The van der Waals surface area contributed by atoms with Crippen molar-refractivity contribution in [1.29, 1.82) is 0 Å². The molecule has 0 bridgehead atoms. The van der Waals surface area contributed by atoms with Gasteiger partial charge in [-0.15, -0.1) is 0 Å². The van der Waals surface area contributed by atoms with Crippen molar-refractivity contribution in [3.8, 4) is 5.75 Å². The van der Waals surface area contributed by atoms with Gasteiger partial charge in [-0.25, -0.2) is 0 Å². The number of aliphatic hydroxyl groups is 2. The van der Waals surface area contributed by atoms with E-state index in [1.807, 2.05) is 30.3 Å². The smallest absolute Gasteiger partial charge is 0.178 e. The van der Waals surface area contributed by atoms with Crippen molar-refractivity contribution in [3.63, 3.8) is 0 Å². The first-order valence-corrected chi connectivity index (χ1v) is 10.8. The molecule has 2 aromatic carbocycles. The van der Waals surface area contributed by atoms with E-state index in [1.165, 1.54) is 12.8 Å². The van der Waals surface area contributed by atoms with Gasteiger partial charge in [-0.2, -0.15) is 0 Å². The van der Waals surface area contributed by atoms with Gasteiger partial charge in [-0.05, 0) is 42.7 Å². The molecule has 6 nitrogen and oxygen atoms in total. The van der Waals surface area contributed by atoms with E-state index in [2.05, 4.69) is 35.3 Å². The average molecular weight is 415 g/mol. The highest BCUT2D eigenvalue weighted by atomic mass is 16.5. The lowest BCUT2D eigenvalue weighted by atomic mass is 10.1. The fourth-order valence-corrected chi connectivity index (χ4v) is 3.87. The molecule has 0 saturated heterocycles. The standard InChI is InChI=1S/C24H34N2O4/c1-3-7-20-17-26(21-8-4-5-9-22(21)30-20)15-6-14-25-19-12-10-18(11-13-19)16-23(29-2)24(27)28/h4-5,8-13,20,23-25,27-28H,3,6-7,14-17H2,1-2H3/t20?,23-/m0/s1. The molecule has 0 amide bonds. The van der Waals surface area contributed by atoms with E-state index in [1.54, 1.807) is 0 Å². The van der Waals surface area contributed by atoms with Crippen molar-refractivity contribution in [2.75, 3.05) is 37.0 Å². The fourth-order valence-electron chi connectivity index (χ4n) is 3.87. The molecule has 2 atom stereocenters. The zero-order valence-electron chi connectivity index (χ0n) is 18.0. The number of hydrogen-bond donors (Lipinski definition) is 3. The number of nitrogens with one attached hydrogen (secondary N) is 1. The van der Waals surface area contributed by atoms with Crippen LogP contribution in [0.1, 0.15) is 31.7 Å². The minimum absolute atomic E-state index is 0.263.